The van der Waals surface area contributed by atoms with Crippen LogP contribution in [0.15, 0.2) is 18.2 Å². The van der Waals surface area contributed by atoms with Gasteiger partial charge >= 0.3 is 0 Å². The summed E-state index contributed by atoms with van der Waals surface area (Å²) < 4.78 is 52.4. The summed E-state index contributed by atoms with van der Waals surface area (Å²) in [6.07, 6.45) is -0.180. The normalized spacial score (nSPS) is 22.9. The van der Waals surface area contributed by atoms with E-state index in [0.717, 1.165) is 0 Å². The van der Waals surface area contributed by atoms with Crippen molar-refractivity contribution >= 4 is 17.0 Å². The summed E-state index contributed by atoms with van der Waals surface area (Å²) in [7, 11) is 1.40. The summed E-state index contributed by atoms with van der Waals surface area (Å²) in [4.78, 5) is 0. The smallest absolute Gasteiger partial charge is 0.259 e. The molecule has 0 bridgehead atoms. The number of anilines is 1. The highest BCUT2D eigenvalue weighted by Gasteiger charge is 2.57. The van der Waals surface area contributed by atoms with E-state index in [0.29, 0.717) is 11.3 Å². The Morgan fingerprint density at radius 1 is 1.59 bits per heavy atom. The van der Waals surface area contributed by atoms with Crippen molar-refractivity contribution in [3.8, 4) is 5.75 Å². The van der Waals surface area contributed by atoms with Gasteiger partial charge < -0.3 is 4.74 Å². The van der Waals surface area contributed by atoms with Crippen LogP contribution in [0.4, 0.5) is 14.5 Å². The molecule has 94 valence electrons. The predicted molar refractivity (Wildman–Crippen MR) is 59.7 cm³/mol. The number of nitrogens with one attached hydrogen (secondary N) is 1. The van der Waals surface area contributed by atoms with Crippen LogP contribution >= 0.6 is 0 Å². The SMILES string of the molecule is COc1ccc(C2CC2(F)F)cc1NS(=O)O. The van der Waals surface area contributed by atoms with Gasteiger partial charge in [-0.3, -0.25) is 9.27 Å². The van der Waals surface area contributed by atoms with Crippen molar-refractivity contribution in [2.24, 2.45) is 0 Å². The standard InChI is InChI=1S/C10H11F2NO3S/c1-16-9-3-2-6(7-5-10(7,11)12)4-8(9)13-17(14)15/h2-4,7,13H,5H2,1H3,(H,14,15). The molecule has 0 heterocycles. The summed E-state index contributed by atoms with van der Waals surface area (Å²) in [5.41, 5.74) is 0.664. The van der Waals surface area contributed by atoms with Gasteiger partial charge in [-0.1, -0.05) is 6.07 Å². The summed E-state index contributed by atoms with van der Waals surface area (Å²) in [6, 6.07) is 4.45. The molecule has 7 heteroatoms. The van der Waals surface area contributed by atoms with Crippen molar-refractivity contribution in [1.29, 1.82) is 0 Å². The lowest BCUT2D eigenvalue weighted by atomic mass is 10.1. The van der Waals surface area contributed by atoms with E-state index in [2.05, 4.69) is 4.72 Å². The Labute approximate surface area is 99.4 Å². The molecular formula is C10H11F2NO3S. The molecule has 1 aliphatic carbocycles. The van der Waals surface area contributed by atoms with Gasteiger partial charge in [-0.25, -0.2) is 13.0 Å². The maximum atomic E-state index is 12.9. The minimum atomic E-state index is -2.66. The maximum Gasteiger partial charge on any atom is 0.259 e. The van der Waals surface area contributed by atoms with Gasteiger partial charge in [0.25, 0.3) is 17.2 Å². The van der Waals surface area contributed by atoms with Crippen LogP contribution in [0.25, 0.3) is 0 Å². The fourth-order valence-corrected chi connectivity index (χ4v) is 2.04. The fraction of sp³-hybridized carbons (Fsp3) is 0.400. The molecule has 1 aromatic rings. The van der Waals surface area contributed by atoms with Crippen LogP contribution in [0.2, 0.25) is 0 Å². The number of hydrogen-bond acceptors (Lipinski definition) is 2. The second kappa shape index (κ2) is 4.23. The molecule has 0 aromatic heterocycles. The van der Waals surface area contributed by atoms with Gasteiger partial charge in [-0.05, 0) is 17.7 Å². The first-order chi connectivity index (χ1) is 7.94. The van der Waals surface area contributed by atoms with Gasteiger partial charge in [-0.15, -0.1) is 0 Å². The zero-order valence-corrected chi connectivity index (χ0v) is 9.76. The third kappa shape index (κ3) is 2.55. The maximum absolute atomic E-state index is 12.9. The first-order valence-electron chi connectivity index (χ1n) is 4.87. The summed E-state index contributed by atoms with van der Waals surface area (Å²) >= 11 is -2.27. The van der Waals surface area contributed by atoms with Crippen LogP contribution in [-0.4, -0.2) is 21.8 Å². The van der Waals surface area contributed by atoms with Crippen molar-refractivity contribution in [2.75, 3.05) is 11.8 Å². The first kappa shape index (κ1) is 12.3. The molecule has 2 unspecified atom stereocenters. The Hall–Kier alpha value is -1.21. The number of ether oxygens (including phenoxy) is 1. The number of halogens is 2. The molecule has 2 atom stereocenters. The fourth-order valence-electron chi connectivity index (χ4n) is 1.69. The summed E-state index contributed by atoms with van der Waals surface area (Å²) in [5.74, 6) is -3.13. The lowest BCUT2D eigenvalue weighted by Crippen LogP contribution is -2.04. The van der Waals surface area contributed by atoms with Crippen molar-refractivity contribution in [1.82, 2.24) is 0 Å². The van der Waals surface area contributed by atoms with Crippen molar-refractivity contribution in [3.05, 3.63) is 23.8 Å². The molecule has 0 spiro atoms. The molecule has 2 rings (SSSR count). The lowest BCUT2D eigenvalue weighted by molar-refractivity contribution is 0.112. The molecule has 1 saturated carbocycles. The molecule has 1 fully saturated rings. The highest BCUT2D eigenvalue weighted by molar-refractivity contribution is 7.80. The van der Waals surface area contributed by atoms with Crippen LogP contribution < -0.4 is 9.46 Å². The van der Waals surface area contributed by atoms with Gasteiger partial charge in [0, 0.05) is 6.42 Å². The Kier molecular flexibility index (Phi) is 3.05. The number of rotatable bonds is 4. The van der Waals surface area contributed by atoms with E-state index >= 15 is 0 Å². The molecule has 0 amide bonds. The van der Waals surface area contributed by atoms with Crippen molar-refractivity contribution < 1.29 is 22.3 Å². The lowest BCUT2D eigenvalue weighted by Gasteiger charge is -2.10. The molecule has 1 aliphatic rings. The van der Waals surface area contributed by atoms with Crippen LogP contribution in [-0.2, 0) is 11.3 Å². The average Bonchev–Trinajstić information content (AvgIpc) is 2.87. The van der Waals surface area contributed by atoms with Crippen molar-refractivity contribution in [3.63, 3.8) is 0 Å². The van der Waals surface area contributed by atoms with E-state index in [9.17, 15) is 13.0 Å². The highest BCUT2D eigenvalue weighted by Crippen LogP contribution is 2.56. The van der Waals surface area contributed by atoms with E-state index in [1.165, 1.54) is 25.3 Å². The van der Waals surface area contributed by atoms with Crippen molar-refractivity contribution in [2.45, 2.75) is 18.3 Å². The van der Waals surface area contributed by atoms with E-state index < -0.39 is 23.1 Å². The second-order valence-corrected chi connectivity index (χ2v) is 4.53. The number of hydrogen-bond donors (Lipinski definition) is 2. The largest absolute Gasteiger partial charge is 0.495 e. The van der Waals surface area contributed by atoms with Gasteiger partial charge in [0.05, 0.1) is 18.7 Å². The van der Waals surface area contributed by atoms with E-state index in [4.69, 9.17) is 9.29 Å². The molecule has 2 N–H and O–H groups in total. The summed E-state index contributed by atoms with van der Waals surface area (Å²) in [6.45, 7) is 0. The number of alkyl halides is 2. The Morgan fingerprint density at radius 2 is 2.24 bits per heavy atom. The highest BCUT2D eigenvalue weighted by atomic mass is 32.2. The Morgan fingerprint density at radius 3 is 2.71 bits per heavy atom. The Balaban J connectivity index is 2.29. The molecule has 17 heavy (non-hydrogen) atoms. The predicted octanol–water partition coefficient (Wildman–Crippen LogP) is 2.37. The minimum absolute atomic E-state index is 0.180. The first-order valence-corrected chi connectivity index (χ1v) is 5.98. The zero-order valence-electron chi connectivity index (χ0n) is 8.94. The number of methoxy groups -OCH3 is 1. The molecule has 0 aliphatic heterocycles. The average molecular weight is 263 g/mol. The summed E-state index contributed by atoms with van der Waals surface area (Å²) in [5, 5.41) is 0. The van der Waals surface area contributed by atoms with E-state index in [1.54, 1.807) is 0 Å². The minimum Gasteiger partial charge on any atom is -0.495 e. The monoisotopic (exact) mass is 263 g/mol. The molecule has 0 saturated heterocycles. The topological polar surface area (TPSA) is 58.6 Å². The quantitative estimate of drug-likeness (QED) is 0.820. The van der Waals surface area contributed by atoms with Crippen LogP contribution in [0.1, 0.15) is 17.9 Å². The molecule has 4 nitrogen and oxygen atoms in total. The van der Waals surface area contributed by atoms with Crippen LogP contribution in [0.5, 0.6) is 5.75 Å². The number of benzene rings is 1. The molecular weight excluding hydrogens is 252 g/mol. The van der Waals surface area contributed by atoms with Gasteiger partial charge in [0.2, 0.25) is 0 Å². The van der Waals surface area contributed by atoms with Gasteiger partial charge in [0.15, 0.2) is 0 Å². The van der Waals surface area contributed by atoms with Crippen LogP contribution in [0.3, 0.4) is 0 Å². The molecule has 0 radical (unpaired) electrons. The zero-order chi connectivity index (χ0) is 12.6. The van der Waals surface area contributed by atoms with Gasteiger partial charge in [-0.2, -0.15) is 0 Å². The molecule has 1 aromatic carbocycles. The third-order valence-corrected chi connectivity index (χ3v) is 3.04. The van der Waals surface area contributed by atoms with E-state index in [-0.39, 0.29) is 12.1 Å². The second-order valence-electron chi connectivity index (χ2n) is 3.83. The van der Waals surface area contributed by atoms with E-state index in [1.807, 2.05) is 0 Å². The van der Waals surface area contributed by atoms with Crippen LogP contribution in [0, 0.1) is 0 Å². The third-order valence-electron chi connectivity index (χ3n) is 2.65. The Bertz CT molecular complexity index is 467. The van der Waals surface area contributed by atoms with Gasteiger partial charge in [0.1, 0.15) is 5.75 Å².